The average molecular weight is 274 g/mol. The number of halogens is 2. The quantitative estimate of drug-likeness (QED) is 0.908. The van der Waals surface area contributed by atoms with Gasteiger partial charge in [-0.25, -0.2) is 8.78 Å². The monoisotopic (exact) mass is 274 g/mol. The van der Waals surface area contributed by atoms with Gasteiger partial charge in [-0.1, -0.05) is 18.2 Å². The highest BCUT2D eigenvalue weighted by Gasteiger charge is 2.30. The van der Waals surface area contributed by atoms with Gasteiger partial charge in [0, 0.05) is 18.3 Å². The van der Waals surface area contributed by atoms with Crippen molar-refractivity contribution in [1.29, 1.82) is 0 Å². The molecule has 0 aliphatic carbocycles. The Bertz CT molecular complexity index is 632. The van der Waals surface area contributed by atoms with Gasteiger partial charge < -0.3 is 10.6 Å². The van der Waals surface area contributed by atoms with Gasteiger partial charge in [-0.2, -0.15) is 0 Å². The SMILES string of the molecule is CC1Cc2ccccc2N1c1c(F)cc(CN)cc1F. The second-order valence-corrected chi connectivity index (χ2v) is 5.16. The number of rotatable bonds is 2. The van der Waals surface area contributed by atoms with Gasteiger partial charge >= 0.3 is 0 Å². The van der Waals surface area contributed by atoms with Gasteiger partial charge in [0.15, 0.2) is 0 Å². The summed E-state index contributed by atoms with van der Waals surface area (Å²) in [6.07, 6.45) is 0.785. The van der Waals surface area contributed by atoms with Crippen LogP contribution >= 0.6 is 0 Å². The van der Waals surface area contributed by atoms with Gasteiger partial charge in [0.2, 0.25) is 0 Å². The molecule has 3 rings (SSSR count). The first-order chi connectivity index (χ1) is 9.61. The molecule has 2 aromatic rings. The van der Waals surface area contributed by atoms with E-state index in [4.69, 9.17) is 5.73 Å². The van der Waals surface area contributed by atoms with Crippen molar-refractivity contribution in [3.8, 4) is 0 Å². The molecular formula is C16H16F2N2. The summed E-state index contributed by atoms with van der Waals surface area (Å²) in [5, 5.41) is 0. The predicted molar refractivity (Wildman–Crippen MR) is 76.0 cm³/mol. The molecule has 0 fully saturated rings. The highest BCUT2D eigenvalue weighted by atomic mass is 19.1. The lowest BCUT2D eigenvalue weighted by molar-refractivity contribution is 0.569. The molecule has 4 heteroatoms. The standard InChI is InChI=1S/C16H16F2N2/c1-10-6-12-4-2-3-5-15(12)20(10)16-13(17)7-11(9-19)8-14(16)18/h2-5,7-8,10H,6,9,19H2,1H3. The summed E-state index contributed by atoms with van der Waals surface area (Å²) in [7, 11) is 0. The Hall–Kier alpha value is -1.94. The summed E-state index contributed by atoms with van der Waals surface area (Å²) in [5.41, 5.74) is 7.91. The Morgan fingerprint density at radius 2 is 1.85 bits per heavy atom. The van der Waals surface area contributed by atoms with E-state index in [2.05, 4.69) is 0 Å². The van der Waals surface area contributed by atoms with E-state index >= 15 is 0 Å². The van der Waals surface area contributed by atoms with Crippen LogP contribution in [-0.2, 0) is 13.0 Å². The van der Waals surface area contributed by atoms with E-state index in [0.717, 1.165) is 17.7 Å². The summed E-state index contributed by atoms with van der Waals surface area (Å²) in [4.78, 5) is 1.74. The van der Waals surface area contributed by atoms with E-state index in [1.807, 2.05) is 31.2 Å². The number of hydrogen-bond acceptors (Lipinski definition) is 2. The lowest BCUT2D eigenvalue weighted by Crippen LogP contribution is -2.26. The Morgan fingerprint density at radius 1 is 1.20 bits per heavy atom. The fourth-order valence-corrected chi connectivity index (χ4v) is 2.87. The maximum atomic E-state index is 14.3. The first-order valence-corrected chi connectivity index (χ1v) is 6.67. The maximum Gasteiger partial charge on any atom is 0.150 e. The number of nitrogens with zero attached hydrogens (tertiary/aromatic N) is 1. The molecule has 1 atom stereocenters. The van der Waals surface area contributed by atoms with Crippen molar-refractivity contribution in [2.75, 3.05) is 4.90 Å². The number of para-hydroxylation sites is 1. The molecule has 0 saturated heterocycles. The second-order valence-electron chi connectivity index (χ2n) is 5.16. The minimum absolute atomic E-state index is 0.0136. The topological polar surface area (TPSA) is 29.3 Å². The average Bonchev–Trinajstić information content (AvgIpc) is 2.75. The minimum Gasteiger partial charge on any atom is -0.333 e. The number of hydrogen-bond donors (Lipinski definition) is 1. The second kappa shape index (κ2) is 4.87. The van der Waals surface area contributed by atoms with E-state index in [9.17, 15) is 8.78 Å². The molecule has 0 amide bonds. The molecule has 0 bridgehead atoms. The summed E-state index contributed by atoms with van der Waals surface area (Å²) < 4.78 is 28.6. The van der Waals surface area contributed by atoms with Crippen LogP contribution in [0.1, 0.15) is 18.1 Å². The van der Waals surface area contributed by atoms with Gasteiger partial charge in [0.1, 0.15) is 17.3 Å². The summed E-state index contributed by atoms with van der Waals surface area (Å²) in [6.45, 7) is 2.09. The van der Waals surface area contributed by atoms with Gasteiger partial charge in [-0.05, 0) is 42.7 Å². The highest BCUT2D eigenvalue weighted by Crippen LogP contribution is 2.40. The zero-order valence-electron chi connectivity index (χ0n) is 11.2. The predicted octanol–water partition coefficient (Wildman–Crippen LogP) is 3.51. The van der Waals surface area contributed by atoms with Gasteiger partial charge in [-0.15, -0.1) is 0 Å². The number of fused-ring (bicyclic) bond motifs is 1. The number of benzene rings is 2. The normalized spacial score (nSPS) is 17.4. The third-order valence-corrected chi connectivity index (χ3v) is 3.76. The molecule has 1 aliphatic rings. The maximum absolute atomic E-state index is 14.3. The van der Waals surface area contributed by atoms with Crippen LogP contribution in [-0.4, -0.2) is 6.04 Å². The zero-order chi connectivity index (χ0) is 14.3. The van der Waals surface area contributed by atoms with Crippen LogP contribution in [0.3, 0.4) is 0 Å². The molecule has 1 heterocycles. The van der Waals surface area contributed by atoms with E-state index < -0.39 is 11.6 Å². The summed E-state index contributed by atoms with van der Waals surface area (Å²) in [6, 6.07) is 10.4. The van der Waals surface area contributed by atoms with Crippen LogP contribution in [0.25, 0.3) is 0 Å². The van der Waals surface area contributed by atoms with Crippen molar-refractivity contribution in [1.82, 2.24) is 0 Å². The molecule has 0 saturated carbocycles. The first kappa shape index (κ1) is 13.1. The van der Waals surface area contributed by atoms with Gasteiger partial charge in [-0.3, -0.25) is 0 Å². The van der Waals surface area contributed by atoms with Crippen molar-refractivity contribution in [3.63, 3.8) is 0 Å². The van der Waals surface area contributed by atoms with E-state index in [-0.39, 0.29) is 18.3 Å². The molecule has 0 aromatic heterocycles. The molecule has 1 unspecified atom stereocenters. The van der Waals surface area contributed by atoms with Crippen molar-refractivity contribution in [2.24, 2.45) is 5.73 Å². The van der Waals surface area contributed by atoms with Crippen LogP contribution in [0.5, 0.6) is 0 Å². The van der Waals surface area contributed by atoms with E-state index in [1.165, 1.54) is 12.1 Å². The number of anilines is 2. The summed E-state index contributed by atoms with van der Waals surface area (Å²) >= 11 is 0. The summed E-state index contributed by atoms with van der Waals surface area (Å²) in [5.74, 6) is -1.12. The van der Waals surface area contributed by atoms with Crippen LogP contribution < -0.4 is 10.6 Å². The first-order valence-electron chi connectivity index (χ1n) is 6.67. The molecular weight excluding hydrogens is 258 g/mol. The lowest BCUT2D eigenvalue weighted by Gasteiger charge is -2.26. The lowest BCUT2D eigenvalue weighted by atomic mass is 10.1. The molecule has 0 radical (unpaired) electrons. The molecule has 104 valence electrons. The van der Waals surface area contributed by atoms with E-state index in [1.54, 1.807) is 4.90 Å². The smallest absolute Gasteiger partial charge is 0.150 e. The van der Waals surface area contributed by atoms with Crippen LogP contribution in [0, 0.1) is 11.6 Å². The number of nitrogens with two attached hydrogens (primary N) is 1. The largest absolute Gasteiger partial charge is 0.333 e. The van der Waals surface area contributed by atoms with Crippen LogP contribution in [0.2, 0.25) is 0 Å². The highest BCUT2D eigenvalue weighted by molar-refractivity contribution is 5.72. The van der Waals surface area contributed by atoms with Crippen LogP contribution in [0.4, 0.5) is 20.2 Å². The van der Waals surface area contributed by atoms with Crippen LogP contribution in [0.15, 0.2) is 36.4 Å². The van der Waals surface area contributed by atoms with Crippen molar-refractivity contribution < 1.29 is 8.78 Å². The third-order valence-electron chi connectivity index (χ3n) is 3.76. The fraction of sp³-hybridized carbons (Fsp3) is 0.250. The van der Waals surface area contributed by atoms with Gasteiger partial charge in [0.25, 0.3) is 0 Å². The molecule has 1 aliphatic heterocycles. The Morgan fingerprint density at radius 3 is 2.50 bits per heavy atom. The van der Waals surface area contributed by atoms with E-state index in [0.29, 0.717) is 5.56 Å². The molecule has 2 nitrogen and oxygen atoms in total. The van der Waals surface area contributed by atoms with Crippen molar-refractivity contribution >= 4 is 11.4 Å². The molecule has 2 N–H and O–H groups in total. The Balaban J connectivity index is 2.14. The molecule has 0 spiro atoms. The van der Waals surface area contributed by atoms with Gasteiger partial charge in [0.05, 0.1) is 0 Å². The Labute approximate surface area is 116 Å². The minimum atomic E-state index is -0.561. The molecule has 2 aromatic carbocycles. The fourth-order valence-electron chi connectivity index (χ4n) is 2.87. The van der Waals surface area contributed by atoms with Crippen molar-refractivity contribution in [3.05, 3.63) is 59.2 Å². The Kier molecular flexibility index (Phi) is 3.18. The van der Waals surface area contributed by atoms with Crippen molar-refractivity contribution in [2.45, 2.75) is 25.9 Å². The zero-order valence-corrected chi connectivity index (χ0v) is 11.2. The molecule has 20 heavy (non-hydrogen) atoms. The third kappa shape index (κ3) is 1.96.